The number of hydrogen-bond donors (Lipinski definition) is 1. The monoisotopic (exact) mass is 430 g/mol. The highest BCUT2D eigenvalue weighted by Gasteiger charge is 2.23. The molecule has 0 bridgehead atoms. The fourth-order valence-electron chi connectivity index (χ4n) is 3.50. The second-order valence-electron chi connectivity index (χ2n) is 7.55. The summed E-state index contributed by atoms with van der Waals surface area (Å²) in [7, 11) is 0. The summed E-state index contributed by atoms with van der Waals surface area (Å²) in [4.78, 5) is 30.7. The Morgan fingerprint density at radius 2 is 1.48 bits per heavy atom. The van der Waals surface area contributed by atoms with Crippen LogP contribution >= 0.6 is 0 Å². The molecule has 0 radical (unpaired) electrons. The summed E-state index contributed by atoms with van der Waals surface area (Å²) in [6, 6.07) is 12.3. The van der Waals surface area contributed by atoms with Crippen LogP contribution in [0.2, 0.25) is 0 Å². The number of nitrogens with zero attached hydrogens (tertiary/aromatic N) is 3. The van der Waals surface area contributed by atoms with E-state index in [0.29, 0.717) is 39.3 Å². The molecule has 2 amide bonds. The molecule has 3 rings (SSSR count). The highest BCUT2D eigenvalue weighted by molar-refractivity contribution is 5.81. The zero-order valence-electron chi connectivity index (χ0n) is 17.7. The zero-order valence-corrected chi connectivity index (χ0v) is 17.7. The first-order chi connectivity index (χ1) is 14.9. The van der Waals surface area contributed by atoms with Crippen molar-refractivity contribution in [1.29, 1.82) is 0 Å². The molecule has 1 aliphatic heterocycles. The van der Waals surface area contributed by atoms with Crippen LogP contribution < -0.4 is 10.2 Å². The largest absolute Gasteiger partial charge is 0.368 e. The average Bonchev–Trinajstić information content (AvgIpc) is 2.79. The molecule has 8 heteroatoms. The minimum absolute atomic E-state index is 0.00746. The van der Waals surface area contributed by atoms with E-state index in [4.69, 9.17) is 0 Å². The van der Waals surface area contributed by atoms with E-state index in [9.17, 15) is 18.4 Å². The van der Waals surface area contributed by atoms with Gasteiger partial charge >= 0.3 is 0 Å². The van der Waals surface area contributed by atoms with Crippen LogP contribution in [0.4, 0.5) is 14.5 Å². The summed E-state index contributed by atoms with van der Waals surface area (Å²) in [5.41, 5.74) is 1.76. The molecule has 1 aliphatic rings. The van der Waals surface area contributed by atoms with Crippen molar-refractivity contribution in [2.75, 3.05) is 50.7 Å². The summed E-state index contributed by atoms with van der Waals surface area (Å²) < 4.78 is 26.1. The lowest BCUT2D eigenvalue weighted by Crippen LogP contribution is -2.52. The van der Waals surface area contributed by atoms with Crippen LogP contribution in [-0.2, 0) is 16.1 Å². The van der Waals surface area contributed by atoms with Gasteiger partial charge in [0.05, 0.1) is 13.1 Å². The minimum atomic E-state index is -0.316. The maximum absolute atomic E-state index is 13.1. The SMILES string of the molecule is CCN(CC(=O)NCc1ccc(F)cc1)CC(=O)N1CCN(c2ccc(F)cc2)CC1. The molecular formula is C23H28F2N4O2. The van der Waals surface area contributed by atoms with Crippen LogP contribution in [0.5, 0.6) is 0 Å². The van der Waals surface area contributed by atoms with Gasteiger partial charge in [-0.05, 0) is 48.5 Å². The fraction of sp³-hybridized carbons (Fsp3) is 0.391. The summed E-state index contributed by atoms with van der Waals surface area (Å²) in [5.74, 6) is -0.768. The van der Waals surface area contributed by atoms with Gasteiger partial charge in [0.15, 0.2) is 0 Å². The number of piperazine rings is 1. The van der Waals surface area contributed by atoms with Gasteiger partial charge in [-0.1, -0.05) is 19.1 Å². The number of rotatable bonds is 8. The number of likely N-dealkylation sites (N-methyl/N-ethyl adjacent to an activating group) is 1. The maximum atomic E-state index is 13.1. The Labute approximate surface area is 181 Å². The van der Waals surface area contributed by atoms with Gasteiger partial charge in [0.2, 0.25) is 11.8 Å². The summed E-state index contributed by atoms with van der Waals surface area (Å²) in [6.45, 7) is 5.64. The summed E-state index contributed by atoms with van der Waals surface area (Å²) in [6.07, 6.45) is 0. The Morgan fingerprint density at radius 1 is 0.903 bits per heavy atom. The van der Waals surface area contributed by atoms with Crippen molar-refractivity contribution in [1.82, 2.24) is 15.1 Å². The van der Waals surface area contributed by atoms with Crippen LogP contribution in [-0.4, -0.2) is 67.4 Å². The lowest BCUT2D eigenvalue weighted by molar-refractivity contribution is -0.133. The van der Waals surface area contributed by atoms with Crippen molar-refractivity contribution in [3.63, 3.8) is 0 Å². The molecule has 0 saturated carbocycles. The first-order valence-corrected chi connectivity index (χ1v) is 10.5. The molecule has 1 N–H and O–H groups in total. The van der Waals surface area contributed by atoms with Crippen molar-refractivity contribution >= 4 is 17.5 Å². The maximum Gasteiger partial charge on any atom is 0.236 e. The highest BCUT2D eigenvalue weighted by atomic mass is 19.1. The van der Waals surface area contributed by atoms with Crippen LogP contribution in [0, 0.1) is 11.6 Å². The number of halogens is 2. The molecular weight excluding hydrogens is 402 g/mol. The first kappa shape index (κ1) is 22.7. The molecule has 0 aromatic heterocycles. The molecule has 2 aromatic rings. The second kappa shape index (κ2) is 10.9. The van der Waals surface area contributed by atoms with Crippen LogP contribution in [0.15, 0.2) is 48.5 Å². The lowest BCUT2D eigenvalue weighted by Gasteiger charge is -2.37. The van der Waals surface area contributed by atoms with Crippen molar-refractivity contribution < 1.29 is 18.4 Å². The third kappa shape index (κ3) is 6.75. The molecule has 1 saturated heterocycles. The van der Waals surface area contributed by atoms with Crippen LogP contribution in [0.1, 0.15) is 12.5 Å². The Balaban J connectivity index is 1.42. The molecule has 166 valence electrons. The van der Waals surface area contributed by atoms with E-state index in [1.165, 1.54) is 24.3 Å². The minimum Gasteiger partial charge on any atom is -0.368 e. The van der Waals surface area contributed by atoms with Gasteiger partial charge in [-0.3, -0.25) is 14.5 Å². The third-order valence-electron chi connectivity index (χ3n) is 5.40. The Hall–Kier alpha value is -3.00. The number of carbonyl (C=O) groups is 2. The van der Waals surface area contributed by atoms with Crippen molar-refractivity contribution in [2.45, 2.75) is 13.5 Å². The zero-order chi connectivity index (χ0) is 22.2. The molecule has 0 unspecified atom stereocenters. The summed E-state index contributed by atoms with van der Waals surface area (Å²) in [5, 5.41) is 2.80. The van der Waals surface area contributed by atoms with Gasteiger partial charge in [0, 0.05) is 38.4 Å². The standard InChI is InChI=1S/C23H28F2N4O2/c1-2-27(16-22(30)26-15-18-3-5-19(24)6-4-18)17-23(31)29-13-11-28(12-14-29)21-9-7-20(25)8-10-21/h3-10H,2,11-17H2,1H3,(H,26,30). The average molecular weight is 430 g/mol. The van der Waals surface area contributed by atoms with E-state index in [0.717, 1.165) is 11.3 Å². The van der Waals surface area contributed by atoms with Crippen LogP contribution in [0.3, 0.4) is 0 Å². The summed E-state index contributed by atoms with van der Waals surface area (Å²) >= 11 is 0. The van der Waals surface area contributed by atoms with Crippen molar-refractivity contribution in [3.05, 3.63) is 65.7 Å². The highest BCUT2D eigenvalue weighted by Crippen LogP contribution is 2.17. The van der Waals surface area contributed by atoms with Crippen molar-refractivity contribution in [2.24, 2.45) is 0 Å². The quantitative estimate of drug-likeness (QED) is 0.698. The molecule has 1 fully saturated rings. The molecule has 6 nitrogen and oxygen atoms in total. The Morgan fingerprint density at radius 3 is 2.06 bits per heavy atom. The van der Waals surface area contributed by atoms with Gasteiger partial charge in [-0.2, -0.15) is 0 Å². The number of benzene rings is 2. The van der Waals surface area contributed by atoms with E-state index >= 15 is 0 Å². The molecule has 1 heterocycles. The number of carbonyl (C=O) groups excluding carboxylic acids is 2. The molecule has 31 heavy (non-hydrogen) atoms. The molecule has 0 atom stereocenters. The fourth-order valence-corrected chi connectivity index (χ4v) is 3.50. The van der Waals surface area contributed by atoms with E-state index in [-0.39, 0.29) is 36.5 Å². The smallest absolute Gasteiger partial charge is 0.236 e. The molecule has 2 aromatic carbocycles. The van der Waals surface area contributed by atoms with Gasteiger partial charge in [0.1, 0.15) is 11.6 Å². The van der Waals surface area contributed by atoms with Gasteiger partial charge < -0.3 is 15.1 Å². The Kier molecular flexibility index (Phi) is 7.94. The van der Waals surface area contributed by atoms with Gasteiger partial charge in [-0.25, -0.2) is 8.78 Å². The van der Waals surface area contributed by atoms with E-state index in [2.05, 4.69) is 10.2 Å². The number of anilines is 1. The topological polar surface area (TPSA) is 55.9 Å². The number of amides is 2. The number of nitrogens with one attached hydrogen (secondary N) is 1. The van der Waals surface area contributed by atoms with Crippen molar-refractivity contribution in [3.8, 4) is 0 Å². The molecule has 0 aliphatic carbocycles. The lowest BCUT2D eigenvalue weighted by atomic mass is 10.2. The van der Waals surface area contributed by atoms with Gasteiger partial charge in [-0.15, -0.1) is 0 Å². The Bertz CT molecular complexity index is 866. The van der Waals surface area contributed by atoms with E-state index < -0.39 is 0 Å². The number of hydrogen-bond acceptors (Lipinski definition) is 4. The molecule has 0 spiro atoms. The third-order valence-corrected chi connectivity index (χ3v) is 5.40. The normalized spacial score (nSPS) is 14.1. The van der Waals surface area contributed by atoms with Gasteiger partial charge in [0.25, 0.3) is 0 Å². The van der Waals surface area contributed by atoms with E-state index in [1.807, 2.05) is 6.92 Å². The second-order valence-corrected chi connectivity index (χ2v) is 7.55. The van der Waals surface area contributed by atoms with E-state index in [1.54, 1.807) is 34.1 Å². The predicted octanol–water partition coefficient (Wildman–Crippen LogP) is 2.25. The van der Waals surface area contributed by atoms with Crippen LogP contribution in [0.25, 0.3) is 0 Å². The first-order valence-electron chi connectivity index (χ1n) is 10.5. The predicted molar refractivity (Wildman–Crippen MR) is 116 cm³/mol.